The summed E-state index contributed by atoms with van der Waals surface area (Å²) in [6, 6.07) is 9.67. The monoisotopic (exact) mass is 214 g/mol. The first kappa shape index (κ1) is 10.5. The van der Waals surface area contributed by atoms with E-state index in [0.717, 1.165) is 5.56 Å². The van der Waals surface area contributed by atoms with E-state index in [-0.39, 0.29) is 5.83 Å². The second-order valence-electron chi connectivity index (χ2n) is 3.44. The Morgan fingerprint density at radius 1 is 1.12 bits per heavy atom. The molecule has 2 aromatic rings. The SMILES string of the molecule is C/C(F)=C/c1cnc(-c2ccccc2)nc1. The lowest BCUT2D eigenvalue weighted by molar-refractivity contribution is 0.648. The molecule has 0 saturated heterocycles. The molecule has 16 heavy (non-hydrogen) atoms. The highest BCUT2D eigenvalue weighted by Gasteiger charge is 1.99. The van der Waals surface area contributed by atoms with Crippen molar-refractivity contribution in [3.8, 4) is 11.4 Å². The van der Waals surface area contributed by atoms with Gasteiger partial charge in [-0.05, 0) is 13.0 Å². The van der Waals surface area contributed by atoms with Crippen LogP contribution in [0.4, 0.5) is 4.39 Å². The van der Waals surface area contributed by atoms with Crippen LogP contribution in [0.25, 0.3) is 17.5 Å². The van der Waals surface area contributed by atoms with Crippen molar-refractivity contribution in [3.63, 3.8) is 0 Å². The smallest absolute Gasteiger partial charge is 0.159 e. The molecular formula is C13H11FN2. The van der Waals surface area contributed by atoms with Gasteiger partial charge in [-0.25, -0.2) is 14.4 Å². The fraction of sp³-hybridized carbons (Fsp3) is 0.0769. The topological polar surface area (TPSA) is 25.8 Å². The maximum Gasteiger partial charge on any atom is 0.159 e. The van der Waals surface area contributed by atoms with Crippen LogP contribution < -0.4 is 0 Å². The van der Waals surface area contributed by atoms with E-state index in [1.807, 2.05) is 30.3 Å². The van der Waals surface area contributed by atoms with Crippen LogP contribution in [0.2, 0.25) is 0 Å². The van der Waals surface area contributed by atoms with Crippen LogP contribution in [0.15, 0.2) is 48.6 Å². The van der Waals surface area contributed by atoms with Gasteiger partial charge in [0.2, 0.25) is 0 Å². The lowest BCUT2D eigenvalue weighted by atomic mass is 10.2. The van der Waals surface area contributed by atoms with Crippen LogP contribution in [0, 0.1) is 0 Å². The summed E-state index contributed by atoms with van der Waals surface area (Å²) in [6.45, 7) is 1.39. The number of halogens is 1. The molecular weight excluding hydrogens is 203 g/mol. The summed E-state index contributed by atoms with van der Waals surface area (Å²) >= 11 is 0. The maximum absolute atomic E-state index is 12.6. The van der Waals surface area contributed by atoms with E-state index in [4.69, 9.17) is 0 Å². The van der Waals surface area contributed by atoms with Gasteiger partial charge in [0.15, 0.2) is 5.82 Å². The Morgan fingerprint density at radius 2 is 1.75 bits per heavy atom. The quantitative estimate of drug-likeness (QED) is 0.764. The molecule has 80 valence electrons. The highest BCUT2D eigenvalue weighted by Crippen LogP contribution is 2.14. The summed E-state index contributed by atoms with van der Waals surface area (Å²) in [6.07, 6.45) is 4.62. The van der Waals surface area contributed by atoms with Gasteiger partial charge in [-0.3, -0.25) is 0 Å². The van der Waals surface area contributed by atoms with Crippen molar-refractivity contribution in [2.24, 2.45) is 0 Å². The lowest BCUT2D eigenvalue weighted by Crippen LogP contribution is -1.88. The van der Waals surface area contributed by atoms with Gasteiger partial charge in [0.1, 0.15) is 0 Å². The van der Waals surface area contributed by atoms with Gasteiger partial charge in [0.05, 0.1) is 5.83 Å². The molecule has 0 unspecified atom stereocenters. The van der Waals surface area contributed by atoms with Crippen molar-refractivity contribution in [1.29, 1.82) is 0 Å². The largest absolute Gasteiger partial charge is 0.236 e. The summed E-state index contributed by atoms with van der Waals surface area (Å²) in [5.41, 5.74) is 1.62. The number of benzene rings is 1. The van der Waals surface area contributed by atoms with Crippen LogP contribution in [0.5, 0.6) is 0 Å². The van der Waals surface area contributed by atoms with Gasteiger partial charge in [0, 0.05) is 23.5 Å². The molecule has 0 fully saturated rings. The number of nitrogens with zero attached hydrogens (tertiary/aromatic N) is 2. The Labute approximate surface area is 93.5 Å². The molecule has 0 amide bonds. The van der Waals surface area contributed by atoms with Gasteiger partial charge in [-0.1, -0.05) is 30.3 Å². The van der Waals surface area contributed by atoms with Crippen LogP contribution in [-0.4, -0.2) is 9.97 Å². The van der Waals surface area contributed by atoms with E-state index in [0.29, 0.717) is 11.4 Å². The molecule has 0 aliphatic heterocycles. The lowest BCUT2D eigenvalue weighted by Gasteiger charge is -1.99. The molecule has 0 radical (unpaired) electrons. The Morgan fingerprint density at radius 3 is 2.31 bits per heavy atom. The van der Waals surface area contributed by atoms with Crippen molar-refractivity contribution < 1.29 is 4.39 Å². The molecule has 0 atom stereocenters. The molecule has 2 rings (SSSR count). The Balaban J connectivity index is 2.30. The van der Waals surface area contributed by atoms with Gasteiger partial charge < -0.3 is 0 Å². The highest BCUT2D eigenvalue weighted by molar-refractivity contribution is 5.56. The van der Waals surface area contributed by atoms with E-state index in [1.54, 1.807) is 12.4 Å². The zero-order valence-electron chi connectivity index (χ0n) is 8.89. The zero-order chi connectivity index (χ0) is 11.4. The van der Waals surface area contributed by atoms with E-state index >= 15 is 0 Å². The first-order chi connectivity index (χ1) is 7.75. The molecule has 0 bridgehead atoms. The summed E-state index contributed by atoms with van der Waals surface area (Å²) < 4.78 is 12.6. The second-order valence-corrected chi connectivity index (χ2v) is 3.44. The summed E-state index contributed by atoms with van der Waals surface area (Å²) in [5, 5.41) is 0. The van der Waals surface area contributed by atoms with E-state index in [1.165, 1.54) is 13.0 Å². The number of rotatable bonds is 2. The van der Waals surface area contributed by atoms with E-state index in [9.17, 15) is 4.39 Å². The van der Waals surface area contributed by atoms with Crippen LogP contribution in [0.1, 0.15) is 12.5 Å². The van der Waals surface area contributed by atoms with Crippen LogP contribution in [-0.2, 0) is 0 Å². The van der Waals surface area contributed by atoms with Gasteiger partial charge in [0.25, 0.3) is 0 Å². The average molecular weight is 214 g/mol. The third kappa shape index (κ3) is 2.51. The third-order valence-electron chi connectivity index (χ3n) is 2.07. The Bertz CT molecular complexity index is 485. The van der Waals surface area contributed by atoms with Crippen molar-refractivity contribution in [2.75, 3.05) is 0 Å². The normalized spacial score (nSPS) is 11.5. The summed E-state index contributed by atoms with van der Waals surface area (Å²) in [5.74, 6) is 0.394. The Hall–Kier alpha value is -2.03. The van der Waals surface area contributed by atoms with Gasteiger partial charge in [-0.15, -0.1) is 0 Å². The molecule has 1 aromatic heterocycles. The molecule has 2 nitrogen and oxygen atoms in total. The fourth-order valence-corrected chi connectivity index (χ4v) is 1.38. The predicted octanol–water partition coefficient (Wildman–Crippen LogP) is 3.47. The molecule has 3 heteroatoms. The number of aromatic nitrogens is 2. The maximum atomic E-state index is 12.6. The first-order valence-electron chi connectivity index (χ1n) is 4.97. The first-order valence-corrected chi connectivity index (χ1v) is 4.97. The summed E-state index contributed by atoms with van der Waals surface area (Å²) in [7, 11) is 0. The minimum atomic E-state index is -0.254. The molecule has 0 aliphatic carbocycles. The molecule has 0 N–H and O–H groups in total. The summed E-state index contributed by atoms with van der Waals surface area (Å²) in [4.78, 5) is 8.36. The predicted molar refractivity (Wildman–Crippen MR) is 62.2 cm³/mol. The van der Waals surface area contributed by atoms with E-state index < -0.39 is 0 Å². The van der Waals surface area contributed by atoms with Crippen LogP contribution in [0.3, 0.4) is 0 Å². The number of hydrogen-bond donors (Lipinski definition) is 0. The van der Waals surface area contributed by atoms with Gasteiger partial charge in [-0.2, -0.15) is 0 Å². The van der Waals surface area contributed by atoms with Gasteiger partial charge >= 0.3 is 0 Å². The van der Waals surface area contributed by atoms with Crippen LogP contribution >= 0.6 is 0 Å². The average Bonchev–Trinajstić information content (AvgIpc) is 2.30. The standard InChI is InChI=1S/C13H11FN2/c1-10(14)7-11-8-15-13(16-9-11)12-5-3-2-4-6-12/h2-9H,1H3/b10-7-. The molecule has 1 heterocycles. The van der Waals surface area contributed by atoms with E-state index in [2.05, 4.69) is 9.97 Å². The number of hydrogen-bond acceptors (Lipinski definition) is 2. The minimum Gasteiger partial charge on any atom is -0.236 e. The Kier molecular flexibility index (Phi) is 3.05. The zero-order valence-corrected chi connectivity index (χ0v) is 8.89. The third-order valence-corrected chi connectivity index (χ3v) is 2.07. The molecule has 0 saturated carbocycles. The van der Waals surface area contributed by atoms with Crippen molar-refractivity contribution in [1.82, 2.24) is 9.97 Å². The van der Waals surface area contributed by atoms with Crippen molar-refractivity contribution in [2.45, 2.75) is 6.92 Å². The highest BCUT2D eigenvalue weighted by atomic mass is 19.1. The number of allylic oxidation sites excluding steroid dienone is 1. The molecule has 0 aliphatic rings. The van der Waals surface area contributed by atoms with Crippen molar-refractivity contribution >= 4 is 6.08 Å². The van der Waals surface area contributed by atoms with Crippen molar-refractivity contribution in [3.05, 3.63) is 54.1 Å². The molecule has 0 spiro atoms. The fourth-order valence-electron chi connectivity index (χ4n) is 1.38. The minimum absolute atomic E-state index is 0.254. The molecule has 1 aromatic carbocycles. The second kappa shape index (κ2) is 4.66.